The van der Waals surface area contributed by atoms with Crippen LogP contribution in [0, 0.1) is 26.8 Å². The number of carbonyl (C=O) groups excluding carboxylic acids is 2. The smallest absolute Gasteiger partial charge is 0.255 e. The Morgan fingerprint density at radius 1 is 0.778 bits per heavy atom. The van der Waals surface area contributed by atoms with Crippen molar-refractivity contribution in [3.63, 3.8) is 0 Å². The Bertz CT molecular complexity index is 1650. The van der Waals surface area contributed by atoms with E-state index in [0.29, 0.717) is 29.9 Å². The summed E-state index contributed by atoms with van der Waals surface area (Å²) in [4.78, 5) is 26.6. The lowest BCUT2D eigenvalue weighted by Gasteiger charge is -2.21. The summed E-state index contributed by atoms with van der Waals surface area (Å²) in [6.07, 6.45) is 0. The van der Waals surface area contributed by atoms with Crippen molar-refractivity contribution in [2.45, 2.75) is 27.7 Å². The molecule has 4 aromatic rings. The molecule has 11 heteroatoms. The molecular formula is C34H36BrFI2N4O3. The Labute approximate surface area is 299 Å². The van der Waals surface area contributed by atoms with Crippen LogP contribution in [0.3, 0.4) is 0 Å². The molecule has 0 unspecified atom stereocenters. The maximum Gasteiger partial charge on any atom is 0.255 e. The molecule has 4 rings (SSSR count). The zero-order valence-electron chi connectivity index (χ0n) is 25.5. The van der Waals surface area contributed by atoms with E-state index < -0.39 is 0 Å². The van der Waals surface area contributed by atoms with E-state index in [9.17, 15) is 14.0 Å². The number of aliphatic hydroxyl groups is 1. The Kier molecular flexibility index (Phi) is 14.5. The fourth-order valence-electron chi connectivity index (χ4n) is 4.39. The van der Waals surface area contributed by atoms with E-state index >= 15 is 0 Å². The first-order valence-electron chi connectivity index (χ1n) is 14.3. The summed E-state index contributed by atoms with van der Waals surface area (Å²) in [5, 5.41) is 18.0. The maximum absolute atomic E-state index is 13.7. The van der Waals surface area contributed by atoms with Crippen LogP contribution in [0.5, 0.6) is 0 Å². The first-order chi connectivity index (χ1) is 21.5. The van der Waals surface area contributed by atoms with E-state index in [4.69, 9.17) is 5.11 Å². The molecule has 0 heterocycles. The van der Waals surface area contributed by atoms with Crippen molar-refractivity contribution in [3.05, 3.63) is 112 Å². The van der Waals surface area contributed by atoms with Gasteiger partial charge in [0.1, 0.15) is 5.82 Å². The minimum atomic E-state index is -0.369. The van der Waals surface area contributed by atoms with Crippen LogP contribution < -0.4 is 16.0 Å². The Morgan fingerprint density at radius 2 is 1.33 bits per heavy atom. The van der Waals surface area contributed by atoms with Crippen LogP contribution >= 0.6 is 61.1 Å². The summed E-state index contributed by atoms with van der Waals surface area (Å²) in [5.74, 6) is -0.687. The molecule has 0 spiro atoms. The monoisotopic (exact) mass is 900 g/mol. The predicted octanol–water partition coefficient (Wildman–Crippen LogP) is 8.79. The molecule has 238 valence electrons. The number of hydrogen-bond acceptors (Lipinski definition) is 5. The summed E-state index contributed by atoms with van der Waals surface area (Å²) in [5.41, 5.74) is 6.20. The predicted molar refractivity (Wildman–Crippen MR) is 202 cm³/mol. The molecule has 0 atom stereocenters. The first kappa shape index (κ1) is 36.7. The third kappa shape index (κ3) is 10.6. The number of hydrogen-bond donors (Lipinski definition) is 4. The molecule has 7 nitrogen and oxygen atoms in total. The van der Waals surface area contributed by atoms with Crippen LogP contribution in [-0.2, 0) is 0 Å². The maximum atomic E-state index is 13.7. The molecule has 0 radical (unpaired) electrons. The van der Waals surface area contributed by atoms with Gasteiger partial charge in [-0.2, -0.15) is 0 Å². The molecule has 45 heavy (non-hydrogen) atoms. The lowest BCUT2D eigenvalue weighted by atomic mass is 10.1. The molecule has 0 fully saturated rings. The normalized spacial score (nSPS) is 10.4. The second-order valence-corrected chi connectivity index (χ2v) is 13.4. The third-order valence-corrected chi connectivity index (χ3v) is 8.64. The summed E-state index contributed by atoms with van der Waals surface area (Å²) in [7, 11) is 0. The van der Waals surface area contributed by atoms with Crippen molar-refractivity contribution in [2.75, 3.05) is 36.9 Å². The van der Waals surface area contributed by atoms with Gasteiger partial charge in [-0.25, -0.2) is 4.39 Å². The highest BCUT2D eigenvalue weighted by Gasteiger charge is 2.18. The highest BCUT2D eigenvalue weighted by atomic mass is 127. The molecule has 4 aromatic carbocycles. The van der Waals surface area contributed by atoms with Gasteiger partial charge in [0, 0.05) is 42.6 Å². The van der Waals surface area contributed by atoms with Crippen molar-refractivity contribution in [3.8, 4) is 0 Å². The van der Waals surface area contributed by atoms with Gasteiger partial charge < -0.3 is 26.0 Å². The molecule has 0 aromatic heterocycles. The molecule has 0 bridgehead atoms. The van der Waals surface area contributed by atoms with Crippen LogP contribution in [0.2, 0.25) is 0 Å². The molecule has 0 aliphatic rings. The molecule has 0 aliphatic heterocycles. The molecule has 0 saturated heterocycles. The topological polar surface area (TPSA) is 93.7 Å². The number of halogens is 4. The largest absolute Gasteiger partial charge is 0.395 e. The van der Waals surface area contributed by atoms with E-state index in [1.807, 2.05) is 70.2 Å². The summed E-state index contributed by atoms with van der Waals surface area (Å²) in [6, 6.07) is 21.8. The van der Waals surface area contributed by atoms with Gasteiger partial charge in [0.25, 0.3) is 11.8 Å². The van der Waals surface area contributed by atoms with Gasteiger partial charge >= 0.3 is 0 Å². The van der Waals surface area contributed by atoms with E-state index in [0.717, 1.165) is 39.8 Å². The SMILES string of the molecule is CCN(CC)C(=O)c1ccc(F)cc1Nc1ccc(I)cc1C.Cc1cc(I)ccc1Nc1ccc(Br)cc1C(=O)NCCO. The molecule has 0 saturated carbocycles. The minimum absolute atomic E-state index is 0.0846. The Hall–Kier alpha value is -2.75. The molecule has 2 amide bonds. The first-order valence-corrected chi connectivity index (χ1v) is 17.3. The number of aryl methyl sites for hydroxylation is 2. The lowest BCUT2D eigenvalue weighted by molar-refractivity contribution is 0.0773. The van der Waals surface area contributed by atoms with Crippen molar-refractivity contribution in [2.24, 2.45) is 0 Å². The third-order valence-electron chi connectivity index (χ3n) is 6.80. The zero-order valence-corrected chi connectivity index (χ0v) is 31.4. The van der Waals surface area contributed by atoms with Crippen LogP contribution in [-0.4, -0.2) is 48.1 Å². The number of benzene rings is 4. The van der Waals surface area contributed by atoms with Gasteiger partial charge in [-0.3, -0.25) is 9.59 Å². The van der Waals surface area contributed by atoms with Crippen molar-refractivity contribution < 1.29 is 19.1 Å². The van der Waals surface area contributed by atoms with E-state index in [1.54, 1.807) is 17.0 Å². The number of aliphatic hydroxyl groups excluding tert-OH is 1. The Balaban J connectivity index is 0.000000246. The van der Waals surface area contributed by atoms with E-state index in [1.165, 1.54) is 12.1 Å². The minimum Gasteiger partial charge on any atom is -0.395 e. The Morgan fingerprint density at radius 3 is 1.87 bits per heavy atom. The number of nitrogens with one attached hydrogen (secondary N) is 3. The summed E-state index contributed by atoms with van der Waals surface area (Å²) >= 11 is 7.90. The van der Waals surface area contributed by atoms with Crippen LogP contribution in [0.25, 0.3) is 0 Å². The zero-order chi connectivity index (χ0) is 33.1. The van der Waals surface area contributed by atoms with Gasteiger partial charge in [-0.1, -0.05) is 15.9 Å². The average Bonchev–Trinajstić information content (AvgIpc) is 3.00. The van der Waals surface area contributed by atoms with Crippen LogP contribution in [0.1, 0.15) is 45.7 Å². The standard InChI is InChI=1S/C18H20FIN2O.C16H16BrIN2O2/c1-4-22(5-2)18(23)15-8-6-13(19)11-17(15)21-16-9-7-14(20)10-12(16)3;1-10-8-12(18)3-5-14(10)20-15-4-2-11(17)9-13(15)16(22)19-6-7-21/h6-11,21H,4-5H2,1-3H3;2-5,8-9,20-21H,6-7H2,1H3,(H,19,22). The number of carbonyl (C=O) groups is 2. The number of rotatable bonds is 10. The average molecular weight is 901 g/mol. The number of amides is 2. The summed E-state index contributed by atoms with van der Waals surface area (Å²) in [6.45, 7) is 9.25. The summed E-state index contributed by atoms with van der Waals surface area (Å²) < 4.78 is 16.8. The van der Waals surface area contributed by atoms with Gasteiger partial charge in [0.2, 0.25) is 0 Å². The highest BCUT2D eigenvalue weighted by Crippen LogP contribution is 2.28. The van der Waals surface area contributed by atoms with Crippen LogP contribution in [0.15, 0.2) is 77.3 Å². The number of anilines is 4. The fraction of sp³-hybridized carbons (Fsp3) is 0.235. The second-order valence-electron chi connectivity index (χ2n) is 10.0. The highest BCUT2D eigenvalue weighted by molar-refractivity contribution is 14.1. The van der Waals surface area contributed by atoms with Gasteiger partial charge in [-0.05, 0) is 157 Å². The van der Waals surface area contributed by atoms with Crippen molar-refractivity contribution in [1.29, 1.82) is 0 Å². The number of nitrogens with zero attached hydrogens (tertiary/aromatic N) is 1. The van der Waals surface area contributed by atoms with Gasteiger partial charge in [0.15, 0.2) is 0 Å². The van der Waals surface area contributed by atoms with E-state index in [-0.39, 0.29) is 30.8 Å². The quantitative estimate of drug-likeness (QED) is 0.120. The second kappa shape index (κ2) is 17.8. The van der Waals surface area contributed by atoms with Crippen molar-refractivity contribution in [1.82, 2.24) is 10.2 Å². The van der Waals surface area contributed by atoms with E-state index in [2.05, 4.69) is 83.1 Å². The molecular weight excluding hydrogens is 865 g/mol. The van der Waals surface area contributed by atoms with Crippen LogP contribution in [0.4, 0.5) is 27.1 Å². The molecule has 0 aliphatic carbocycles. The lowest BCUT2D eigenvalue weighted by Crippen LogP contribution is -2.31. The van der Waals surface area contributed by atoms with Gasteiger partial charge in [0.05, 0.1) is 29.1 Å². The fourth-order valence-corrected chi connectivity index (χ4v) is 6.05. The van der Waals surface area contributed by atoms with Crippen molar-refractivity contribution >= 4 is 95.7 Å². The van der Waals surface area contributed by atoms with Gasteiger partial charge in [-0.15, -0.1) is 0 Å². The molecule has 4 N–H and O–H groups in total.